The van der Waals surface area contributed by atoms with Crippen molar-refractivity contribution in [2.24, 2.45) is 5.92 Å². The highest BCUT2D eigenvalue weighted by atomic mass is 16.2. The molecule has 2 aromatic heterocycles. The molecule has 0 spiro atoms. The van der Waals surface area contributed by atoms with E-state index in [1.54, 1.807) is 6.20 Å². The van der Waals surface area contributed by atoms with Crippen molar-refractivity contribution in [2.45, 2.75) is 25.9 Å². The van der Waals surface area contributed by atoms with Crippen molar-refractivity contribution in [1.82, 2.24) is 24.6 Å². The molecule has 7 heteroatoms. The van der Waals surface area contributed by atoms with Crippen LogP contribution in [0.5, 0.6) is 0 Å². The largest absolute Gasteiger partial charge is 0.354 e. The SMILES string of the molecule is O=C(C1CCCN(c2ccc(-n3ccnc3-c3ccccc3)nn2)C1)N(Cc1ccccc1)Cc1ccccc1. The monoisotopic (exact) mass is 528 g/mol. The Morgan fingerprint density at radius 2 is 1.38 bits per heavy atom. The molecule has 3 heterocycles. The molecule has 40 heavy (non-hydrogen) atoms. The third-order valence-electron chi connectivity index (χ3n) is 7.39. The van der Waals surface area contributed by atoms with E-state index in [4.69, 9.17) is 0 Å². The van der Waals surface area contributed by atoms with Crippen LogP contribution in [0.25, 0.3) is 17.2 Å². The summed E-state index contributed by atoms with van der Waals surface area (Å²) in [5, 5.41) is 9.10. The van der Waals surface area contributed by atoms with E-state index in [1.165, 1.54) is 0 Å². The lowest BCUT2D eigenvalue weighted by Gasteiger charge is -2.35. The molecule has 5 aromatic rings. The van der Waals surface area contributed by atoms with Crippen LogP contribution in [0, 0.1) is 5.92 Å². The number of imidazole rings is 1. The van der Waals surface area contributed by atoms with Crippen molar-refractivity contribution in [3.05, 3.63) is 127 Å². The van der Waals surface area contributed by atoms with Crippen LogP contribution < -0.4 is 4.90 Å². The Bertz CT molecular complexity index is 1480. The number of hydrogen-bond acceptors (Lipinski definition) is 5. The third-order valence-corrected chi connectivity index (χ3v) is 7.39. The van der Waals surface area contributed by atoms with Crippen LogP contribution in [-0.4, -0.2) is 43.6 Å². The molecule has 1 saturated heterocycles. The quantitative estimate of drug-likeness (QED) is 0.256. The van der Waals surface area contributed by atoms with E-state index in [9.17, 15) is 4.79 Å². The number of piperidine rings is 1. The first-order valence-electron chi connectivity index (χ1n) is 13.8. The minimum Gasteiger partial charge on any atom is -0.354 e. The van der Waals surface area contributed by atoms with Crippen LogP contribution in [0.3, 0.4) is 0 Å². The van der Waals surface area contributed by atoms with E-state index in [0.29, 0.717) is 25.5 Å². The molecule has 1 aliphatic rings. The van der Waals surface area contributed by atoms with E-state index in [1.807, 2.05) is 94.5 Å². The predicted octanol–water partition coefficient (Wildman–Crippen LogP) is 5.77. The first kappa shape index (κ1) is 25.5. The van der Waals surface area contributed by atoms with Gasteiger partial charge in [-0.15, -0.1) is 10.2 Å². The van der Waals surface area contributed by atoms with Gasteiger partial charge in [0.15, 0.2) is 11.6 Å². The maximum Gasteiger partial charge on any atom is 0.228 e. The number of amides is 1. The second-order valence-electron chi connectivity index (χ2n) is 10.2. The van der Waals surface area contributed by atoms with Gasteiger partial charge >= 0.3 is 0 Å². The van der Waals surface area contributed by atoms with E-state index in [-0.39, 0.29) is 11.8 Å². The summed E-state index contributed by atoms with van der Waals surface area (Å²) in [6, 6.07) is 34.5. The Labute approximate surface area is 234 Å². The van der Waals surface area contributed by atoms with Crippen LogP contribution in [0.1, 0.15) is 24.0 Å². The zero-order valence-corrected chi connectivity index (χ0v) is 22.4. The summed E-state index contributed by atoms with van der Waals surface area (Å²) in [5.74, 6) is 2.42. The third kappa shape index (κ3) is 5.78. The summed E-state index contributed by atoms with van der Waals surface area (Å²) in [6.45, 7) is 2.67. The predicted molar refractivity (Wildman–Crippen MR) is 157 cm³/mol. The normalized spacial score (nSPS) is 15.1. The number of rotatable bonds is 8. The molecule has 3 aromatic carbocycles. The topological polar surface area (TPSA) is 67.2 Å². The van der Waals surface area contributed by atoms with Gasteiger partial charge in [-0.3, -0.25) is 9.36 Å². The van der Waals surface area contributed by atoms with Crippen LogP contribution >= 0.6 is 0 Å². The Morgan fingerprint density at radius 1 is 0.775 bits per heavy atom. The lowest BCUT2D eigenvalue weighted by Crippen LogP contribution is -2.44. The van der Waals surface area contributed by atoms with Gasteiger partial charge in [0.2, 0.25) is 5.91 Å². The molecule has 1 aliphatic heterocycles. The van der Waals surface area contributed by atoms with Gasteiger partial charge in [-0.2, -0.15) is 0 Å². The summed E-state index contributed by atoms with van der Waals surface area (Å²) < 4.78 is 1.94. The van der Waals surface area contributed by atoms with Crippen molar-refractivity contribution in [1.29, 1.82) is 0 Å². The van der Waals surface area contributed by atoms with Gasteiger partial charge in [0, 0.05) is 44.1 Å². The van der Waals surface area contributed by atoms with Crippen LogP contribution in [0.15, 0.2) is 116 Å². The van der Waals surface area contributed by atoms with Gasteiger partial charge in [0.25, 0.3) is 0 Å². The summed E-state index contributed by atoms with van der Waals surface area (Å²) >= 11 is 0. The Kier molecular flexibility index (Phi) is 7.62. The van der Waals surface area contributed by atoms with Gasteiger partial charge in [0.1, 0.15) is 5.82 Å². The minimum atomic E-state index is -0.0963. The first-order chi connectivity index (χ1) is 19.7. The van der Waals surface area contributed by atoms with Crippen molar-refractivity contribution in [2.75, 3.05) is 18.0 Å². The number of carbonyl (C=O) groups excluding carboxylic acids is 1. The molecular formula is C33H32N6O. The molecule has 0 N–H and O–H groups in total. The Balaban J connectivity index is 1.18. The molecular weight excluding hydrogens is 496 g/mol. The van der Waals surface area contributed by atoms with Crippen molar-refractivity contribution < 1.29 is 4.79 Å². The van der Waals surface area contributed by atoms with Crippen LogP contribution in [-0.2, 0) is 17.9 Å². The van der Waals surface area contributed by atoms with E-state index >= 15 is 0 Å². The van der Waals surface area contributed by atoms with E-state index < -0.39 is 0 Å². The van der Waals surface area contributed by atoms with Crippen molar-refractivity contribution in [3.8, 4) is 17.2 Å². The van der Waals surface area contributed by atoms with Gasteiger partial charge in [-0.25, -0.2) is 4.98 Å². The fourth-order valence-electron chi connectivity index (χ4n) is 5.37. The second-order valence-corrected chi connectivity index (χ2v) is 10.2. The molecule has 1 amide bonds. The highest BCUT2D eigenvalue weighted by Crippen LogP contribution is 2.26. The lowest BCUT2D eigenvalue weighted by molar-refractivity contribution is -0.137. The first-order valence-corrected chi connectivity index (χ1v) is 13.8. The summed E-state index contributed by atoms with van der Waals surface area (Å²) in [6.07, 6.45) is 5.48. The smallest absolute Gasteiger partial charge is 0.228 e. The Hall–Kier alpha value is -4.78. The summed E-state index contributed by atoms with van der Waals surface area (Å²) in [5.41, 5.74) is 3.29. The van der Waals surface area contributed by atoms with Crippen LogP contribution in [0.4, 0.5) is 5.82 Å². The molecule has 200 valence electrons. The number of benzene rings is 3. The maximum atomic E-state index is 13.9. The van der Waals surface area contributed by atoms with E-state index in [2.05, 4.69) is 44.3 Å². The zero-order valence-electron chi connectivity index (χ0n) is 22.4. The number of aromatic nitrogens is 4. The van der Waals surface area contributed by atoms with E-state index in [0.717, 1.165) is 47.7 Å². The fourth-order valence-corrected chi connectivity index (χ4v) is 5.37. The highest BCUT2D eigenvalue weighted by molar-refractivity contribution is 5.80. The molecule has 0 bridgehead atoms. The van der Waals surface area contributed by atoms with Gasteiger partial charge < -0.3 is 9.80 Å². The summed E-state index contributed by atoms with van der Waals surface area (Å²) in [4.78, 5) is 22.6. The molecule has 0 aliphatic carbocycles. The van der Waals surface area contributed by atoms with Gasteiger partial charge in [-0.1, -0.05) is 91.0 Å². The average Bonchev–Trinajstić information content (AvgIpc) is 3.52. The fraction of sp³-hybridized carbons (Fsp3) is 0.212. The average molecular weight is 529 g/mol. The molecule has 1 fully saturated rings. The number of nitrogens with zero attached hydrogens (tertiary/aromatic N) is 6. The molecule has 6 rings (SSSR count). The molecule has 0 radical (unpaired) electrons. The van der Waals surface area contributed by atoms with Gasteiger partial charge in [0.05, 0.1) is 5.92 Å². The zero-order chi connectivity index (χ0) is 27.1. The maximum absolute atomic E-state index is 13.9. The number of carbonyl (C=O) groups is 1. The molecule has 0 saturated carbocycles. The molecule has 1 unspecified atom stereocenters. The van der Waals surface area contributed by atoms with Crippen molar-refractivity contribution in [3.63, 3.8) is 0 Å². The highest BCUT2D eigenvalue weighted by Gasteiger charge is 2.30. The molecule has 7 nitrogen and oxygen atoms in total. The number of hydrogen-bond donors (Lipinski definition) is 0. The molecule has 1 atom stereocenters. The standard InChI is InChI=1S/C33H32N6O/c40-33(38(23-26-11-4-1-5-12-26)24-27-13-6-2-7-14-27)29-17-10-21-37(25-29)30-18-19-31(36-35-30)39-22-20-34-32(39)28-15-8-3-9-16-28/h1-9,11-16,18-20,22,29H,10,17,21,23-25H2. The Morgan fingerprint density at radius 3 is 2.00 bits per heavy atom. The van der Waals surface area contributed by atoms with Gasteiger partial charge in [-0.05, 0) is 36.1 Å². The summed E-state index contributed by atoms with van der Waals surface area (Å²) in [7, 11) is 0. The van der Waals surface area contributed by atoms with Crippen LogP contribution in [0.2, 0.25) is 0 Å². The minimum absolute atomic E-state index is 0.0963. The number of anilines is 1. The lowest BCUT2D eigenvalue weighted by atomic mass is 9.96. The second kappa shape index (κ2) is 11.9. The van der Waals surface area contributed by atoms with Crippen molar-refractivity contribution >= 4 is 11.7 Å².